The van der Waals surface area contributed by atoms with E-state index in [4.69, 9.17) is 4.65 Å². The van der Waals surface area contributed by atoms with Crippen molar-refractivity contribution in [2.45, 2.75) is 0 Å². The minimum absolute atomic E-state index is 0.936. The third-order valence-electron chi connectivity index (χ3n) is 2.45. The first-order valence-electron chi connectivity index (χ1n) is 4.63. The Kier molecular flexibility index (Phi) is 1.60. The van der Waals surface area contributed by atoms with Gasteiger partial charge in [0.25, 0.3) is 0 Å². The topological polar surface area (TPSA) is 9.23 Å². The zero-order chi connectivity index (χ0) is 9.38. The second-order valence-corrected chi connectivity index (χ2v) is 3.32. The molecule has 3 rings (SSSR count). The molecule has 0 fully saturated rings. The molecule has 0 aliphatic carbocycles. The zero-order valence-electron chi connectivity index (χ0n) is 7.60. The first-order valence-corrected chi connectivity index (χ1v) is 4.63. The fourth-order valence-electron chi connectivity index (χ4n) is 1.76. The van der Waals surface area contributed by atoms with Gasteiger partial charge in [-0.25, -0.2) is 0 Å². The third kappa shape index (κ3) is 1.04. The Morgan fingerprint density at radius 1 is 0.786 bits per heavy atom. The highest BCUT2D eigenvalue weighted by atomic mass is 16.4. The van der Waals surface area contributed by atoms with Gasteiger partial charge in [0.2, 0.25) is 0 Å². The lowest BCUT2D eigenvalue weighted by Crippen LogP contribution is -2.26. The Morgan fingerprint density at radius 3 is 2.43 bits per heavy atom. The lowest BCUT2D eigenvalue weighted by atomic mass is 9.78. The first kappa shape index (κ1) is 7.68. The quantitative estimate of drug-likeness (QED) is 0.562. The van der Waals surface area contributed by atoms with E-state index in [9.17, 15) is 0 Å². The molecule has 65 valence electrons. The van der Waals surface area contributed by atoms with Gasteiger partial charge >= 0.3 is 7.48 Å². The van der Waals surface area contributed by atoms with E-state index in [1.165, 1.54) is 11.1 Å². The van der Waals surface area contributed by atoms with Crippen LogP contribution in [0.15, 0.2) is 48.5 Å². The Labute approximate surface area is 83.6 Å². The van der Waals surface area contributed by atoms with E-state index in [1.54, 1.807) is 7.48 Å². The molecule has 1 aliphatic rings. The fourth-order valence-corrected chi connectivity index (χ4v) is 1.76. The molecule has 0 saturated carbocycles. The monoisotopic (exact) mass is 179 g/mol. The number of hydrogen-bond acceptors (Lipinski definition) is 1. The number of fused-ring (bicyclic) bond motifs is 3. The average molecular weight is 179 g/mol. The van der Waals surface area contributed by atoms with Crippen molar-refractivity contribution in [3.05, 3.63) is 48.5 Å². The smallest absolute Gasteiger partial charge is 0.409 e. The van der Waals surface area contributed by atoms with Crippen molar-refractivity contribution in [1.29, 1.82) is 0 Å². The van der Waals surface area contributed by atoms with Crippen LogP contribution in [0.25, 0.3) is 11.1 Å². The summed E-state index contributed by atoms with van der Waals surface area (Å²) in [6.45, 7) is 0. The highest BCUT2D eigenvalue weighted by Gasteiger charge is 2.16. The molecular weight excluding hydrogens is 171 g/mol. The van der Waals surface area contributed by atoms with E-state index in [2.05, 4.69) is 24.3 Å². The maximum atomic E-state index is 5.52. The van der Waals surface area contributed by atoms with Gasteiger partial charge in [-0.3, -0.25) is 0 Å². The summed E-state index contributed by atoms with van der Waals surface area (Å²) in [7, 11) is 1.80. The van der Waals surface area contributed by atoms with Crippen molar-refractivity contribution in [3.8, 4) is 16.9 Å². The van der Waals surface area contributed by atoms with E-state index in [0.717, 1.165) is 11.2 Å². The van der Waals surface area contributed by atoms with Gasteiger partial charge in [0, 0.05) is 5.56 Å². The van der Waals surface area contributed by atoms with Crippen LogP contribution < -0.4 is 10.1 Å². The molecule has 0 aromatic heterocycles. The molecular formula is C12H8BO. The standard InChI is InChI=1S/C12H8BO/c1-3-7-11-9(5-1)10-6-2-4-8-12(10)14-13-11/h1-8H. The van der Waals surface area contributed by atoms with Gasteiger partial charge in [-0.1, -0.05) is 42.5 Å². The van der Waals surface area contributed by atoms with E-state index >= 15 is 0 Å². The van der Waals surface area contributed by atoms with Crippen LogP contribution in [-0.2, 0) is 0 Å². The highest BCUT2D eigenvalue weighted by Crippen LogP contribution is 2.30. The summed E-state index contributed by atoms with van der Waals surface area (Å²) in [5, 5.41) is 0. The van der Waals surface area contributed by atoms with Gasteiger partial charge < -0.3 is 4.65 Å². The molecule has 0 amide bonds. The summed E-state index contributed by atoms with van der Waals surface area (Å²) in [6.07, 6.45) is 0. The Morgan fingerprint density at radius 2 is 1.50 bits per heavy atom. The maximum absolute atomic E-state index is 5.52. The first-order chi connectivity index (χ1) is 6.95. The van der Waals surface area contributed by atoms with Crippen LogP contribution in [0.1, 0.15) is 0 Å². The lowest BCUT2D eigenvalue weighted by Gasteiger charge is -2.19. The fraction of sp³-hybridized carbons (Fsp3) is 0. The van der Waals surface area contributed by atoms with Crippen molar-refractivity contribution in [3.63, 3.8) is 0 Å². The molecule has 0 spiro atoms. The average Bonchev–Trinajstić information content (AvgIpc) is 2.29. The second kappa shape index (κ2) is 2.91. The Bertz CT molecular complexity index is 434. The lowest BCUT2D eigenvalue weighted by molar-refractivity contribution is 0.603. The molecule has 0 saturated heterocycles. The predicted octanol–water partition coefficient (Wildman–Crippen LogP) is 1.99. The van der Waals surface area contributed by atoms with Crippen molar-refractivity contribution in [2.24, 2.45) is 0 Å². The third-order valence-corrected chi connectivity index (χ3v) is 2.45. The van der Waals surface area contributed by atoms with Crippen LogP contribution in [-0.4, -0.2) is 7.48 Å². The van der Waals surface area contributed by atoms with E-state index < -0.39 is 0 Å². The van der Waals surface area contributed by atoms with Crippen LogP contribution in [0.3, 0.4) is 0 Å². The van der Waals surface area contributed by atoms with Crippen molar-refractivity contribution in [1.82, 2.24) is 0 Å². The summed E-state index contributed by atoms with van der Waals surface area (Å²) in [5.41, 5.74) is 3.56. The summed E-state index contributed by atoms with van der Waals surface area (Å²) in [5.74, 6) is 0.936. The van der Waals surface area contributed by atoms with Crippen molar-refractivity contribution >= 4 is 12.9 Å². The van der Waals surface area contributed by atoms with Crippen LogP contribution in [0.4, 0.5) is 0 Å². The largest absolute Gasteiger partial charge is 0.557 e. The highest BCUT2D eigenvalue weighted by molar-refractivity contribution is 6.51. The Balaban J connectivity index is 2.29. The molecule has 2 heteroatoms. The number of benzene rings is 2. The molecule has 2 aromatic rings. The second-order valence-electron chi connectivity index (χ2n) is 3.32. The van der Waals surface area contributed by atoms with Gasteiger partial charge in [-0.05, 0) is 17.1 Å². The molecule has 2 aromatic carbocycles. The van der Waals surface area contributed by atoms with Gasteiger partial charge in [-0.15, -0.1) is 0 Å². The van der Waals surface area contributed by atoms with Gasteiger partial charge in [0.1, 0.15) is 5.75 Å². The predicted molar refractivity (Wildman–Crippen MR) is 57.9 cm³/mol. The SMILES string of the molecule is [B]1Oc2ccccc2-c2ccccc21. The van der Waals surface area contributed by atoms with E-state index in [1.807, 2.05) is 24.3 Å². The molecule has 0 N–H and O–H groups in total. The van der Waals surface area contributed by atoms with Crippen molar-refractivity contribution in [2.75, 3.05) is 0 Å². The molecule has 0 atom stereocenters. The molecule has 0 bridgehead atoms. The number of hydrogen-bond donors (Lipinski definition) is 0. The summed E-state index contributed by atoms with van der Waals surface area (Å²) >= 11 is 0. The minimum Gasteiger partial charge on any atom is -0.557 e. The van der Waals surface area contributed by atoms with E-state index in [-0.39, 0.29) is 0 Å². The van der Waals surface area contributed by atoms with Gasteiger partial charge in [0.15, 0.2) is 0 Å². The summed E-state index contributed by atoms with van der Waals surface area (Å²) in [6, 6.07) is 16.3. The van der Waals surface area contributed by atoms with E-state index in [0.29, 0.717) is 0 Å². The summed E-state index contributed by atoms with van der Waals surface area (Å²) in [4.78, 5) is 0. The number of rotatable bonds is 0. The minimum atomic E-state index is 0.936. The molecule has 1 nitrogen and oxygen atoms in total. The van der Waals surface area contributed by atoms with Crippen molar-refractivity contribution < 1.29 is 4.65 Å². The van der Waals surface area contributed by atoms with Gasteiger partial charge in [0.05, 0.1) is 0 Å². The Hall–Kier alpha value is -1.70. The molecule has 1 radical (unpaired) electrons. The molecule has 0 unspecified atom stereocenters. The summed E-state index contributed by atoms with van der Waals surface area (Å²) < 4.78 is 5.52. The van der Waals surface area contributed by atoms with Crippen LogP contribution >= 0.6 is 0 Å². The van der Waals surface area contributed by atoms with Crippen LogP contribution in [0, 0.1) is 0 Å². The molecule has 1 heterocycles. The molecule has 1 aliphatic heterocycles. The van der Waals surface area contributed by atoms with Crippen LogP contribution in [0.2, 0.25) is 0 Å². The van der Waals surface area contributed by atoms with Gasteiger partial charge in [-0.2, -0.15) is 0 Å². The zero-order valence-corrected chi connectivity index (χ0v) is 7.60. The molecule has 14 heavy (non-hydrogen) atoms. The van der Waals surface area contributed by atoms with Crippen LogP contribution in [0.5, 0.6) is 5.75 Å². The number of para-hydroxylation sites is 1. The normalized spacial score (nSPS) is 12.0. The maximum Gasteiger partial charge on any atom is 0.409 e.